The van der Waals surface area contributed by atoms with E-state index in [2.05, 4.69) is 36.8 Å². The first-order valence-corrected chi connectivity index (χ1v) is 9.02. The Morgan fingerprint density at radius 2 is 1.88 bits per heavy atom. The summed E-state index contributed by atoms with van der Waals surface area (Å²) in [6.07, 6.45) is -0.148. The number of ketones is 1. The highest BCUT2D eigenvalue weighted by molar-refractivity contribution is 7.10. The minimum atomic E-state index is -0.250. The monoisotopic (exact) mass is 361 g/mol. The third kappa shape index (κ3) is 3.06. The molecule has 1 aliphatic heterocycles. The number of halogens is 1. The van der Waals surface area contributed by atoms with Crippen LogP contribution in [0.3, 0.4) is 0 Å². The van der Waals surface area contributed by atoms with Gasteiger partial charge < -0.3 is 4.90 Å². The molecule has 0 spiro atoms. The van der Waals surface area contributed by atoms with Crippen LogP contribution >= 0.6 is 22.9 Å². The zero-order chi connectivity index (χ0) is 17.5. The van der Waals surface area contributed by atoms with Gasteiger partial charge in [0.25, 0.3) is 0 Å². The molecule has 0 saturated heterocycles. The quantitative estimate of drug-likeness (QED) is 0.778. The predicted octanol–water partition coefficient (Wildman–Crippen LogP) is 4.92. The van der Waals surface area contributed by atoms with Crippen molar-refractivity contribution in [2.75, 3.05) is 5.01 Å². The van der Waals surface area contributed by atoms with E-state index >= 15 is 0 Å². The molecule has 0 amide bonds. The molecule has 0 fully saturated rings. The van der Waals surface area contributed by atoms with Crippen molar-refractivity contribution in [1.29, 1.82) is 0 Å². The van der Waals surface area contributed by atoms with Gasteiger partial charge in [-0.3, -0.25) is 4.79 Å². The first kappa shape index (κ1) is 17.0. The summed E-state index contributed by atoms with van der Waals surface area (Å²) >= 11 is 7.68. The molecule has 0 saturated carbocycles. The molecule has 3 rings (SSSR count). The second kappa shape index (κ2) is 6.22. The summed E-state index contributed by atoms with van der Waals surface area (Å²) < 4.78 is 0. The molecule has 0 N–H and O–H groups in total. The van der Waals surface area contributed by atoms with Gasteiger partial charge in [-0.15, -0.1) is 16.4 Å². The largest absolute Gasteiger partial charge is 0.321 e. The Hall–Kier alpha value is -1.85. The topological polar surface area (TPSA) is 35.9 Å². The fraction of sp³-hybridized carbons (Fsp3) is 0.333. The summed E-state index contributed by atoms with van der Waals surface area (Å²) in [7, 11) is 0. The predicted molar refractivity (Wildman–Crippen MR) is 101 cm³/mol. The molecule has 126 valence electrons. The number of rotatable bonds is 3. The lowest BCUT2D eigenvalue weighted by Crippen LogP contribution is -2.48. The van der Waals surface area contributed by atoms with Crippen LogP contribution in [0, 0.1) is 0 Å². The van der Waals surface area contributed by atoms with Crippen LogP contribution in [0.15, 0.2) is 46.9 Å². The van der Waals surface area contributed by atoms with Crippen LogP contribution < -0.4 is 5.01 Å². The average Bonchev–Trinajstić information content (AvgIpc) is 3.14. The van der Waals surface area contributed by atoms with Crippen LogP contribution in [0.1, 0.15) is 38.7 Å². The highest BCUT2D eigenvalue weighted by Crippen LogP contribution is 2.41. The second-order valence-corrected chi connectivity index (χ2v) is 8.15. The van der Waals surface area contributed by atoms with E-state index < -0.39 is 0 Å². The summed E-state index contributed by atoms with van der Waals surface area (Å²) in [5.41, 5.74) is 0.656. The van der Waals surface area contributed by atoms with Gasteiger partial charge in [-0.1, -0.05) is 17.7 Å². The van der Waals surface area contributed by atoms with Gasteiger partial charge in [-0.2, -0.15) is 0 Å². The maximum Gasteiger partial charge on any atom is 0.196 e. The molecular weight excluding hydrogens is 342 g/mol. The highest BCUT2D eigenvalue weighted by Gasteiger charge is 2.43. The molecule has 0 unspecified atom stereocenters. The number of hydrogen-bond acceptors (Lipinski definition) is 5. The Bertz CT molecular complexity index is 763. The van der Waals surface area contributed by atoms with Crippen molar-refractivity contribution < 1.29 is 4.79 Å². The summed E-state index contributed by atoms with van der Waals surface area (Å²) in [5.74, 6) is 0.443. The van der Waals surface area contributed by atoms with E-state index in [0.29, 0.717) is 10.9 Å². The Labute approximate surface area is 151 Å². The number of amidine groups is 1. The van der Waals surface area contributed by atoms with Gasteiger partial charge in [0, 0.05) is 22.4 Å². The van der Waals surface area contributed by atoms with Gasteiger partial charge in [0.1, 0.15) is 0 Å². The number of hydrogen-bond donors (Lipinski definition) is 0. The van der Waals surface area contributed by atoms with Gasteiger partial charge in [0.15, 0.2) is 17.8 Å². The molecule has 6 heteroatoms. The molecule has 1 aromatic heterocycles. The minimum absolute atomic E-state index is 0.0389. The van der Waals surface area contributed by atoms with Crippen LogP contribution in [0.25, 0.3) is 0 Å². The van der Waals surface area contributed by atoms with E-state index in [9.17, 15) is 4.79 Å². The number of anilines is 1. The molecular formula is C18H20ClN3OS. The minimum Gasteiger partial charge on any atom is -0.321 e. The molecule has 2 aromatic rings. The number of carbonyl (C=O) groups is 1. The van der Waals surface area contributed by atoms with Gasteiger partial charge in [0.05, 0.1) is 5.69 Å². The lowest BCUT2D eigenvalue weighted by molar-refractivity contribution is -0.112. The normalized spacial score (nSPS) is 18.0. The number of nitrogens with zero attached hydrogens (tertiary/aromatic N) is 3. The summed E-state index contributed by atoms with van der Waals surface area (Å²) in [4.78, 5) is 15.5. The average molecular weight is 362 g/mol. The maximum absolute atomic E-state index is 12.2. The Morgan fingerprint density at radius 3 is 2.38 bits per heavy atom. The SMILES string of the molecule is CC(=O)C1=NN(c2ccc(Cl)cc2)[C@@H](c2cccs2)N1C(C)(C)C. The van der Waals surface area contributed by atoms with Crippen molar-refractivity contribution in [3.63, 3.8) is 0 Å². The third-order valence-electron chi connectivity index (χ3n) is 3.83. The Morgan fingerprint density at radius 1 is 1.21 bits per heavy atom. The molecule has 0 aliphatic carbocycles. The standard InChI is InChI=1S/C18H20ClN3OS/c1-12(23)16-20-22(14-9-7-13(19)8-10-14)17(15-6-5-11-24-15)21(16)18(2,3)4/h5-11,17H,1-4H3/t17-/m0/s1. The zero-order valence-corrected chi connectivity index (χ0v) is 15.7. The van der Waals surface area contributed by atoms with E-state index in [0.717, 1.165) is 10.6 Å². The Balaban J connectivity index is 2.14. The zero-order valence-electron chi connectivity index (χ0n) is 14.2. The van der Waals surface area contributed by atoms with Crippen LogP contribution in [0.2, 0.25) is 5.02 Å². The number of hydrazone groups is 1. The molecule has 24 heavy (non-hydrogen) atoms. The smallest absolute Gasteiger partial charge is 0.196 e. The molecule has 0 bridgehead atoms. The fourth-order valence-electron chi connectivity index (χ4n) is 2.83. The van der Waals surface area contributed by atoms with E-state index in [1.807, 2.05) is 40.7 Å². The van der Waals surface area contributed by atoms with Crippen molar-refractivity contribution in [3.05, 3.63) is 51.7 Å². The lowest BCUT2D eigenvalue weighted by atomic mass is 10.0. The van der Waals surface area contributed by atoms with Crippen molar-refractivity contribution in [3.8, 4) is 0 Å². The van der Waals surface area contributed by atoms with Crippen LogP contribution in [0.5, 0.6) is 0 Å². The maximum atomic E-state index is 12.2. The first-order chi connectivity index (χ1) is 11.3. The van der Waals surface area contributed by atoms with Crippen molar-refractivity contribution in [1.82, 2.24) is 4.90 Å². The van der Waals surface area contributed by atoms with Crippen molar-refractivity contribution >= 4 is 40.2 Å². The van der Waals surface area contributed by atoms with Crippen LogP contribution in [0.4, 0.5) is 5.69 Å². The number of thiophene rings is 1. The first-order valence-electron chi connectivity index (χ1n) is 7.76. The summed E-state index contributed by atoms with van der Waals surface area (Å²) in [6, 6.07) is 11.6. The summed E-state index contributed by atoms with van der Waals surface area (Å²) in [5, 5.41) is 9.29. The van der Waals surface area contributed by atoms with E-state index in [1.54, 1.807) is 18.3 Å². The molecule has 1 atom stereocenters. The van der Waals surface area contributed by atoms with Crippen LogP contribution in [-0.2, 0) is 4.79 Å². The molecule has 0 radical (unpaired) electrons. The van der Waals surface area contributed by atoms with E-state index in [-0.39, 0.29) is 17.5 Å². The number of benzene rings is 1. The van der Waals surface area contributed by atoms with Gasteiger partial charge in [-0.05, 0) is 56.5 Å². The number of Topliss-reactive ketones (excluding diaryl/α,β-unsaturated/α-hetero) is 1. The molecule has 1 aliphatic rings. The third-order valence-corrected chi connectivity index (χ3v) is 5.00. The summed E-state index contributed by atoms with van der Waals surface area (Å²) in [6.45, 7) is 7.85. The van der Waals surface area contributed by atoms with Gasteiger partial charge >= 0.3 is 0 Å². The second-order valence-electron chi connectivity index (χ2n) is 6.73. The molecule has 4 nitrogen and oxygen atoms in total. The highest BCUT2D eigenvalue weighted by atomic mass is 35.5. The lowest BCUT2D eigenvalue weighted by Gasteiger charge is -2.40. The van der Waals surface area contributed by atoms with Gasteiger partial charge in [0.2, 0.25) is 0 Å². The Kier molecular flexibility index (Phi) is 4.40. The van der Waals surface area contributed by atoms with Crippen molar-refractivity contribution in [2.45, 2.75) is 39.4 Å². The fourth-order valence-corrected chi connectivity index (χ4v) is 3.76. The van der Waals surface area contributed by atoms with Crippen LogP contribution in [-0.4, -0.2) is 22.1 Å². The molecule has 1 aromatic carbocycles. The molecule has 2 heterocycles. The number of carbonyl (C=O) groups excluding carboxylic acids is 1. The van der Waals surface area contributed by atoms with E-state index in [4.69, 9.17) is 11.6 Å². The van der Waals surface area contributed by atoms with Crippen molar-refractivity contribution in [2.24, 2.45) is 5.10 Å². The van der Waals surface area contributed by atoms with E-state index in [1.165, 1.54) is 0 Å². The van der Waals surface area contributed by atoms with Gasteiger partial charge in [-0.25, -0.2) is 5.01 Å².